The predicted octanol–water partition coefficient (Wildman–Crippen LogP) is 0.462. The highest BCUT2D eigenvalue weighted by molar-refractivity contribution is 5.75. The molecule has 0 aliphatic carbocycles. The molecule has 7 heteroatoms. The van der Waals surface area contributed by atoms with Gasteiger partial charge in [0.2, 0.25) is 0 Å². The van der Waals surface area contributed by atoms with E-state index in [4.69, 9.17) is 0 Å². The Morgan fingerprint density at radius 1 is 1.50 bits per heavy atom. The van der Waals surface area contributed by atoms with Crippen molar-refractivity contribution < 1.29 is 9.53 Å². The number of benzene rings is 1. The molecule has 0 aliphatic rings. The van der Waals surface area contributed by atoms with Crippen LogP contribution in [0.15, 0.2) is 24.3 Å². The summed E-state index contributed by atoms with van der Waals surface area (Å²) in [4.78, 5) is 11.0. The number of ether oxygens (including phenoxy) is 1. The van der Waals surface area contributed by atoms with Crippen LogP contribution in [0.25, 0.3) is 11.4 Å². The molecule has 0 aliphatic heterocycles. The maximum atomic E-state index is 11.0. The van der Waals surface area contributed by atoms with Gasteiger partial charge >= 0.3 is 5.97 Å². The molecule has 1 N–H and O–H groups in total. The lowest BCUT2D eigenvalue weighted by Crippen LogP contribution is -2.14. The van der Waals surface area contributed by atoms with Crippen LogP contribution in [0.4, 0.5) is 5.69 Å². The van der Waals surface area contributed by atoms with E-state index in [1.54, 1.807) is 11.7 Å². The average Bonchev–Trinajstić information content (AvgIpc) is 2.82. The molecule has 0 unspecified atom stereocenters. The molecular formula is C11H13N5O2. The SMILES string of the molecule is COC(=O)CNc1cccc(-c2nnnn2C)c1. The Morgan fingerprint density at radius 2 is 2.33 bits per heavy atom. The van der Waals surface area contributed by atoms with E-state index in [0.717, 1.165) is 11.3 Å². The molecule has 0 saturated carbocycles. The highest BCUT2D eigenvalue weighted by atomic mass is 16.5. The number of nitrogens with one attached hydrogen (secondary N) is 1. The summed E-state index contributed by atoms with van der Waals surface area (Å²) in [5, 5.41) is 14.2. The molecule has 1 aromatic heterocycles. The molecule has 0 amide bonds. The average molecular weight is 247 g/mol. The molecule has 2 rings (SSSR count). The highest BCUT2D eigenvalue weighted by Gasteiger charge is 2.06. The van der Waals surface area contributed by atoms with E-state index < -0.39 is 0 Å². The zero-order valence-electron chi connectivity index (χ0n) is 10.1. The van der Waals surface area contributed by atoms with Crippen LogP contribution in [0.3, 0.4) is 0 Å². The van der Waals surface area contributed by atoms with Crippen LogP contribution in [-0.2, 0) is 16.6 Å². The third kappa shape index (κ3) is 2.62. The number of methoxy groups -OCH3 is 1. The fraction of sp³-hybridized carbons (Fsp3) is 0.273. The van der Waals surface area contributed by atoms with Crippen molar-refractivity contribution in [3.8, 4) is 11.4 Å². The summed E-state index contributed by atoms with van der Waals surface area (Å²) in [6.07, 6.45) is 0. The number of anilines is 1. The van der Waals surface area contributed by atoms with E-state index in [-0.39, 0.29) is 12.5 Å². The number of hydrogen-bond donors (Lipinski definition) is 1. The van der Waals surface area contributed by atoms with E-state index in [9.17, 15) is 4.79 Å². The fourth-order valence-corrected chi connectivity index (χ4v) is 1.49. The predicted molar refractivity (Wildman–Crippen MR) is 64.7 cm³/mol. The molecule has 0 spiro atoms. The van der Waals surface area contributed by atoms with Gasteiger partial charge in [-0.3, -0.25) is 4.79 Å². The normalized spacial score (nSPS) is 10.1. The number of carbonyl (C=O) groups is 1. The van der Waals surface area contributed by atoms with Gasteiger partial charge in [-0.15, -0.1) is 5.10 Å². The largest absolute Gasteiger partial charge is 0.468 e. The quantitative estimate of drug-likeness (QED) is 0.790. The van der Waals surface area contributed by atoms with Crippen LogP contribution in [0.5, 0.6) is 0 Å². The Balaban J connectivity index is 2.15. The number of esters is 1. The Labute approximate surface area is 104 Å². The Hall–Kier alpha value is -2.44. The first-order valence-corrected chi connectivity index (χ1v) is 5.34. The fourth-order valence-electron chi connectivity index (χ4n) is 1.49. The third-order valence-corrected chi connectivity index (χ3v) is 2.41. The molecule has 0 bridgehead atoms. The van der Waals surface area contributed by atoms with Crippen LogP contribution in [0, 0.1) is 0 Å². The van der Waals surface area contributed by atoms with Crippen LogP contribution in [-0.4, -0.2) is 39.8 Å². The van der Waals surface area contributed by atoms with Crippen molar-refractivity contribution in [2.75, 3.05) is 19.0 Å². The Bertz CT molecular complexity index is 552. The Morgan fingerprint density at radius 3 is 3.00 bits per heavy atom. The molecule has 0 fully saturated rings. The maximum absolute atomic E-state index is 11.0. The zero-order chi connectivity index (χ0) is 13.0. The van der Waals surface area contributed by atoms with Crippen LogP contribution >= 0.6 is 0 Å². The van der Waals surface area contributed by atoms with E-state index in [1.165, 1.54) is 7.11 Å². The van der Waals surface area contributed by atoms with E-state index >= 15 is 0 Å². The van der Waals surface area contributed by atoms with Gasteiger partial charge in [0.15, 0.2) is 5.82 Å². The Kier molecular flexibility index (Phi) is 3.52. The van der Waals surface area contributed by atoms with Gasteiger partial charge in [-0.1, -0.05) is 12.1 Å². The first-order valence-electron chi connectivity index (χ1n) is 5.34. The van der Waals surface area contributed by atoms with Gasteiger partial charge in [0, 0.05) is 18.3 Å². The van der Waals surface area contributed by atoms with Gasteiger partial charge in [-0.2, -0.15) is 0 Å². The van der Waals surface area contributed by atoms with Gasteiger partial charge in [0.1, 0.15) is 6.54 Å². The van der Waals surface area contributed by atoms with Gasteiger partial charge in [-0.25, -0.2) is 4.68 Å². The zero-order valence-corrected chi connectivity index (χ0v) is 10.1. The molecule has 0 radical (unpaired) electrons. The number of carbonyl (C=O) groups excluding carboxylic acids is 1. The molecular weight excluding hydrogens is 234 g/mol. The molecule has 1 heterocycles. The minimum Gasteiger partial charge on any atom is -0.468 e. The number of nitrogens with zero attached hydrogens (tertiary/aromatic N) is 4. The van der Waals surface area contributed by atoms with Gasteiger partial charge in [0.05, 0.1) is 7.11 Å². The summed E-state index contributed by atoms with van der Waals surface area (Å²) in [5.74, 6) is 0.345. The number of hydrogen-bond acceptors (Lipinski definition) is 6. The lowest BCUT2D eigenvalue weighted by molar-refractivity contribution is -0.138. The summed E-state index contributed by atoms with van der Waals surface area (Å²) in [6, 6.07) is 7.49. The minimum absolute atomic E-state index is 0.122. The molecule has 0 atom stereocenters. The minimum atomic E-state index is -0.319. The number of aromatic nitrogens is 4. The number of tetrazole rings is 1. The third-order valence-electron chi connectivity index (χ3n) is 2.41. The molecule has 94 valence electrons. The second-order valence-corrected chi connectivity index (χ2v) is 3.64. The first-order chi connectivity index (χ1) is 8.70. The molecule has 0 saturated heterocycles. The van der Waals surface area contributed by atoms with Crippen molar-refractivity contribution in [2.45, 2.75) is 0 Å². The smallest absolute Gasteiger partial charge is 0.325 e. The monoisotopic (exact) mass is 247 g/mol. The standard InChI is InChI=1S/C11H13N5O2/c1-16-11(13-14-15-16)8-4-3-5-9(6-8)12-7-10(17)18-2/h3-6,12H,7H2,1-2H3. The topological polar surface area (TPSA) is 81.9 Å². The highest BCUT2D eigenvalue weighted by Crippen LogP contribution is 2.19. The van der Waals surface area contributed by atoms with Crippen LogP contribution in [0.2, 0.25) is 0 Å². The second kappa shape index (κ2) is 5.26. The molecule has 2 aromatic rings. The van der Waals surface area contributed by atoms with Crippen LogP contribution < -0.4 is 5.32 Å². The molecule has 1 aromatic carbocycles. The summed E-state index contributed by atoms with van der Waals surface area (Å²) in [5.41, 5.74) is 1.68. The van der Waals surface area contributed by atoms with Crippen molar-refractivity contribution >= 4 is 11.7 Å². The van der Waals surface area contributed by atoms with E-state index in [1.807, 2.05) is 24.3 Å². The number of aryl methyl sites for hydroxylation is 1. The summed E-state index contributed by atoms with van der Waals surface area (Å²) < 4.78 is 6.14. The van der Waals surface area contributed by atoms with E-state index in [0.29, 0.717) is 5.82 Å². The van der Waals surface area contributed by atoms with Gasteiger partial charge in [0.25, 0.3) is 0 Å². The van der Waals surface area contributed by atoms with E-state index in [2.05, 4.69) is 25.6 Å². The summed E-state index contributed by atoms with van der Waals surface area (Å²) in [7, 11) is 3.12. The molecule has 18 heavy (non-hydrogen) atoms. The van der Waals surface area contributed by atoms with Crippen molar-refractivity contribution in [3.05, 3.63) is 24.3 Å². The van der Waals surface area contributed by atoms with Gasteiger partial charge < -0.3 is 10.1 Å². The summed E-state index contributed by atoms with van der Waals surface area (Å²) in [6.45, 7) is 0.122. The lowest BCUT2D eigenvalue weighted by atomic mass is 10.2. The van der Waals surface area contributed by atoms with Crippen molar-refractivity contribution in [2.24, 2.45) is 7.05 Å². The van der Waals surface area contributed by atoms with Gasteiger partial charge in [-0.05, 0) is 22.6 Å². The van der Waals surface area contributed by atoms with Crippen molar-refractivity contribution in [1.82, 2.24) is 20.2 Å². The van der Waals surface area contributed by atoms with Crippen LogP contribution in [0.1, 0.15) is 0 Å². The van der Waals surface area contributed by atoms with Crippen molar-refractivity contribution in [1.29, 1.82) is 0 Å². The van der Waals surface area contributed by atoms with Crippen molar-refractivity contribution in [3.63, 3.8) is 0 Å². The first kappa shape index (κ1) is 12.0. The maximum Gasteiger partial charge on any atom is 0.325 e. The lowest BCUT2D eigenvalue weighted by Gasteiger charge is -2.06. The summed E-state index contributed by atoms with van der Waals surface area (Å²) >= 11 is 0. The molecule has 7 nitrogen and oxygen atoms in total. The number of rotatable bonds is 4. The second-order valence-electron chi connectivity index (χ2n) is 3.64.